The molecule has 0 amide bonds. The number of rotatable bonds is 6. The molecule has 3 nitrogen and oxygen atoms in total. The Morgan fingerprint density at radius 1 is 1.10 bits per heavy atom. The van der Waals surface area contributed by atoms with Crippen LogP contribution in [0.15, 0.2) is 42.5 Å². The molecule has 2 aromatic rings. The van der Waals surface area contributed by atoms with Gasteiger partial charge in [-0.05, 0) is 42.2 Å². The van der Waals surface area contributed by atoms with Crippen LogP contribution < -0.4 is 16.0 Å². The van der Waals surface area contributed by atoms with Crippen molar-refractivity contribution >= 4 is 23.2 Å². The molecule has 112 valence electrons. The first-order chi connectivity index (χ1) is 10.1. The predicted octanol–water partition coefficient (Wildman–Crippen LogP) is 3.62. The van der Waals surface area contributed by atoms with Gasteiger partial charge in [-0.1, -0.05) is 47.5 Å². The van der Waals surface area contributed by atoms with Gasteiger partial charge in [0.1, 0.15) is 5.75 Å². The Bertz CT molecular complexity index is 605. The summed E-state index contributed by atoms with van der Waals surface area (Å²) in [7, 11) is 1.67. The number of methoxy groups -OCH3 is 1. The minimum absolute atomic E-state index is 0.0555. The summed E-state index contributed by atoms with van der Waals surface area (Å²) in [5.41, 5.74) is 4.96. The zero-order valence-electron chi connectivity index (χ0n) is 11.8. The second-order valence-corrected chi connectivity index (χ2v) is 5.66. The van der Waals surface area contributed by atoms with Gasteiger partial charge in [-0.3, -0.25) is 11.3 Å². The van der Waals surface area contributed by atoms with Gasteiger partial charge in [-0.25, -0.2) is 0 Å². The van der Waals surface area contributed by atoms with E-state index in [0.717, 1.165) is 23.3 Å². The standard InChI is InChI=1S/C16H18Cl2N2O/c1-21-16-5-3-2-4-12(16)9-14(20-19)8-11-6-7-13(17)10-15(11)18/h2-7,10,14,20H,8-9,19H2,1H3. The van der Waals surface area contributed by atoms with E-state index >= 15 is 0 Å². The van der Waals surface area contributed by atoms with Gasteiger partial charge in [0.15, 0.2) is 0 Å². The molecule has 0 aromatic heterocycles. The van der Waals surface area contributed by atoms with Crippen molar-refractivity contribution in [2.45, 2.75) is 18.9 Å². The third-order valence-electron chi connectivity index (χ3n) is 3.38. The Labute approximate surface area is 135 Å². The minimum Gasteiger partial charge on any atom is -0.496 e. The number of para-hydroxylation sites is 1. The first-order valence-electron chi connectivity index (χ1n) is 6.66. The Hall–Kier alpha value is -1.26. The summed E-state index contributed by atoms with van der Waals surface area (Å²) < 4.78 is 5.37. The highest BCUT2D eigenvalue weighted by atomic mass is 35.5. The van der Waals surface area contributed by atoms with Gasteiger partial charge in [0.2, 0.25) is 0 Å². The smallest absolute Gasteiger partial charge is 0.122 e. The lowest BCUT2D eigenvalue weighted by Crippen LogP contribution is -2.38. The summed E-state index contributed by atoms with van der Waals surface area (Å²) in [5.74, 6) is 6.54. The number of hydrogen-bond donors (Lipinski definition) is 2. The molecule has 0 spiro atoms. The number of nitrogens with two attached hydrogens (primary N) is 1. The van der Waals surface area contributed by atoms with Crippen LogP contribution in [0.2, 0.25) is 10.0 Å². The van der Waals surface area contributed by atoms with Crippen molar-refractivity contribution in [1.29, 1.82) is 0 Å². The van der Waals surface area contributed by atoms with Crippen LogP contribution in [0.1, 0.15) is 11.1 Å². The van der Waals surface area contributed by atoms with E-state index in [4.69, 9.17) is 33.8 Å². The third kappa shape index (κ3) is 4.35. The highest BCUT2D eigenvalue weighted by Gasteiger charge is 2.13. The fraction of sp³-hybridized carbons (Fsp3) is 0.250. The van der Waals surface area contributed by atoms with Gasteiger partial charge >= 0.3 is 0 Å². The second kappa shape index (κ2) is 7.66. The number of ether oxygens (including phenoxy) is 1. The van der Waals surface area contributed by atoms with Gasteiger partial charge in [-0.15, -0.1) is 0 Å². The molecule has 0 saturated heterocycles. The van der Waals surface area contributed by atoms with Crippen LogP contribution in [0, 0.1) is 0 Å². The number of halogens is 2. The second-order valence-electron chi connectivity index (χ2n) is 4.82. The fourth-order valence-electron chi connectivity index (χ4n) is 2.28. The van der Waals surface area contributed by atoms with Crippen molar-refractivity contribution < 1.29 is 4.74 Å². The van der Waals surface area contributed by atoms with Crippen molar-refractivity contribution in [3.63, 3.8) is 0 Å². The normalized spacial score (nSPS) is 12.2. The summed E-state index contributed by atoms with van der Waals surface area (Å²) in [6, 6.07) is 13.5. The molecule has 21 heavy (non-hydrogen) atoms. The van der Waals surface area contributed by atoms with Gasteiger partial charge in [-0.2, -0.15) is 0 Å². The SMILES string of the molecule is COc1ccccc1CC(Cc1ccc(Cl)cc1Cl)NN. The first-order valence-corrected chi connectivity index (χ1v) is 7.41. The predicted molar refractivity (Wildman–Crippen MR) is 88.0 cm³/mol. The molecule has 0 aliphatic carbocycles. The largest absolute Gasteiger partial charge is 0.496 e. The van der Waals surface area contributed by atoms with E-state index in [-0.39, 0.29) is 6.04 Å². The molecule has 1 unspecified atom stereocenters. The molecule has 3 N–H and O–H groups in total. The lowest BCUT2D eigenvalue weighted by Gasteiger charge is -2.18. The van der Waals surface area contributed by atoms with E-state index in [1.165, 1.54) is 0 Å². The molecule has 0 aliphatic heterocycles. The average Bonchev–Trinajstić information content (AvgIpc) is 2.49. The van der Waals surface area contributed by atoms with Gasteiger partial charge < -0.3 is 4.74 Å². The molecule has 0 saturated carbocycles. The molecular weight excluding hydrogens is 307 g/mol. The highest BCUT2D eigenvalue weighted by molar-refractivity contribution is 6.35. The molecule has 0 bridgehead atoms. The zero-order chi connectivity index (χ0) is 15.2. The number of hydrazine groups is 1. The summed E-state index contributed by atoms with van der Waals surface area (Å²) in [6.07, 6.45) is 1.46. The minimum atomic E-state index is 0.0555. The van der Waals surface area contributed by atoms with Crippen molar-refractivity contribution in [3.8, 4) is 5.75 Å². The van der Waals surface area contributed by atoms with Crippen LogP contribution >= 0.6 is 23.2 Å². The van der Waals surface area contributed by atoms with Crippen LogP contribution in [0.4, 0.5) is 0 Å². The van der Waals surface area contributed by atoms with E-state index in [1.54, 1.807) is 13.2 Å². The Morgan fingerprint density at radius 2 is 1.81 bits per heavy atom. The topological polar surface area (TPSA) is 47.3 Å². The van der Waals surface area contributed by atoms with E-state index in [0.29, 0.717) is 16.5 Å². The lowest BCUT2D eigenvalue weighted by atomic mass is 9.99. The van der Waals surface area contributed by atoms with E-state index < -0.39 is 0 Å². The van der Waals surface area contributed by atoms with Gasteiger partial charge in [0.05, 0.1) is 7.11 Å². The lowest BCUT2D eigenvalue weighted by molar-refractivity contribution is 0.404. The molecule has 2 aromatic carbocycles. The molecule has 2 rings (SSSR count). The average molecular weight is 325 g/mol. The molecule has 0 radical (unpaired) electrons. The molecule has 0 fully saturated rings. The number of hydrogen-bond acceptors (Lipinski definition) is 3. The maximum Gasteiger partial charge on any atom is 0.122 e. The van der Waals surface area contributed by atoms with Crippen molar-refractivity contribution in [3.05, 3.63) is 63.6 Å². The van der Waals surface area contributed by atoms with Crippen molar-refractivity contribution in [1.82, 2.24) is 5.43 Å². The van der Waals surface area contributed by atoms with E-state index in [9.17, 15) is 0 Å². The monoisotopic (exact) mass is 324 g/mol. The maximum absolute atomic E-state index is 6.21. The van der Waals surface area contributed by atoms with Crippen molar-refractivity contribution in [2.24, 2.45) is 5.84 Å². The Kier molecular flexibility index (Phi) is 5.88. The molecule has 0 aliphatic rings. The van der Waals surface area contributed by atoms with Crippen LogP contribution in [0.5, 0.6) is 5.75 Å². The van der Waals surface area contributed by atoms with Gasteiger partial charge in [0, 0.05) is 16.1 Å². The quantitative estimate of drug-likeness (QED) is 0.630. The van der Waals surface area contributed by atoms with Gasteiger partial charge in [0.25, 0.3) is 0 Å². The summed E-state index contributed by atoms with van der Waals surface area (Å²) >= 11 is 12.1. The van der Waals surface area contributed by atoms with Crippen LogP contribution in [0.25, 0.3) is 0 Å². The fourth-order valence-corrected chi connectivity index (χ4v) is 2.77. The van der Waals surface area contributed by atoms with Crippen LogP contribution in [-0.4, -0.2) is 13.2 Å². The highest BCUT2D eigenvalue weighted by Crippen LogP contribution is 2.24. The number of benzene rings is 2. The van der Waals surface area contributed by atoms with Crippen LogP contribution in [0.3, 0.4) is 0 Å². The maximum atomic E-state index is 6.21. The molecular formula is C16H18Cl2N2O. The van der Waals surface area contributed by atoms with E-state index in [1.807, 2.05) is 36.4 Å². The third-order valence-corrected chi connectivity index (χ3v) is 3.96. The summed E-state index contributed by atoms with van der Waals surface area (Å²) in [5, 5.41) is 1.29. The van der Waals surface area contributed by atoms with Crippen LogP contribution in [-0.2, 0) is 12.8 Å². The summed E-state index contributed by atoms with van der Waals surface area (Å²) in [6.45, 7) is 0. The first kappa shape index (κ1) is 16.1. The molecule has 1 atom stereocenters. The number of nitrogens with one attached hydrogen (secondary N) is 1. The molecule has 5 heteroatoms. The Balaban J connectivity index is 2.13. The summed E-state index contributed by atoms with van der Waals surface area (Å²) in [4.78, 5) is 0. The Morgan fingerprint density at radius 3 is 2.48 bits per heavy atom. The molecule has 0 heterocycles. The van der Waals surface area contributed by atoms with Crippen molar-refractivity contribution in [2.75, 3.05) is 7.11 Å². The zero-order valence-corrected chi connectivity index (χ0v) is 13.3. The van der Waals surface area contributed by atoms with E-state index in [2.05, 4.69) is 5.43 Å².